The van der Waals surface area contributed by atoms with E-state index in [-0.39, 0.29) is 6.42 Å². The maximum Gasteiger partial charge on any atom is 0.311 e. The number of esters is 1. The molecule has 0 saturated carbocycles. The van der Waals surface area contributed by atoms with Gasteiger partial charge in [-0.15, -0.1) is 0 Å². The van der Waals surface area contributed by atoms with Crippen LogP contribution < -0.4 is 5.32 Å². The lowest BCUT2D eigenvalue weighted by Crippen LogP contribution is -2.30. The van der Waals surface area contributed by atoms with E-state index in [1.165, 1.54) is 6.92 Å². The van der Waals surface area contributed by atoms with Crippen LogP contribution in [0, 0.1) is 11.3 Å². The molecule has 1 unspecified atom stereocenters. The van der Waals surface area contributed by atoms with Crippen molar-refractivity contribution in [3.8, 4) is 6.07 Å². The van der Waals surface area contributed by atoms with Gasteiger partial charge in [0, 0.05) is 5.69 Å². The zero-order valence-corrected chi connectivity index (χ0v) is 14.8. The number of nitrogens with one attached hydrogen (secondary N) is 1. The van der Waals surface area contributed by atoms with Crippen molar-refractivity contribution in [2.75, 3.05) is 5.32 Å². The number of carbonyl (C=O) groups is 2. The first-order chi connectivity index (χ1) is 13.1. The lowest BCUT2D eigenvalue weighted by molar-refractivity contribution is -0.152. The number of fused-ring (bicyclic) bond motifs is 1. The Labute approximate surface area is 157 Å². The molecule has 0 aliphatic carbocycles. The summed E-state index contributed by atoms with van der Waals surface area (Å²) in [5.41, 5.74) is 1.77. The normalized spacial score (nSPS) is 11.4. The van der Waals surface area contributed by atoms with Gasteiger partial charge in [0.15, 0.2) is 6.10 Å². The van der Waals surface area contributed by atoms with Crippen LogP contribution >= 0.6 is 0 Å². The number of hydrogen-bond acceptors (Lipinski definition) is 4. The summed E-state index contributed by atoms with van der Waals surface area (Å²) in [5, 5.41) is 13.6. The fourth-order valence-electron chi connectivity index (χ4n) is 2.80. The zero-order valence-electron chi connectivity index (χ0n) is 14.8. The lowest BCUT2D eigenvalue weighted by atomic mass is 10.0. The van der Waals surface area contributed by atoms with Crippen molar-refractivity contribution in [1.82, 2.24) is 0 Å². The van der Waals surface area contributed by atoms with Crippen molar-refractivity contribution >= 4 is 28.3 Å². The molecule has 134 valence electrons. The van der Waals surface area contributed by atoms with Gasteiger partial charge in [-0.1, -0.05) is 48.5 Å². The molecule has 0 aromatic heterocycles. The van der Waals surface area contributed by atoms with Gasteiger partial charge in [-0.2, -0.15) is 5.26 Å². The summed E-state index contributed by atoms with van der Waals surface area (Å²) in [4.78, 5) is 24.5. The van der Waals surface area contributed by atoms with E-state index in [9.17, 15) is 9.59 Å². The standard InChI is InChI=1S/C22H18N2O3/c1-15(22(26)24-19-10-4-6-16(12-19)14-23)27-21(25)13-18-9-5-8-17-7-2-3-11-20(17)18/h2-12,15H,13H2,1H3,(H,24,26). The SMILES string of the molecule is CC(OC(=O)Cc1cccc2ccccc12)C(=O)Nc1cccc(C#N)c1. The molecule has 0 spiro atoms. The fraction of sp³-hybridized carbons (Fsp3) is 0.136. The van der Waals surface area contributed by atoms with Crippen molar-refractivity contribution in [3.05, 3.63) is 77.9 Å². The van der Waals surface area contributed by atoms with Crippen LogP contribution in [0.15, 0.2) is 66.7 Å². The van der Waals surface area contributed by atoms with Gasteiger partial charge >= 0.3 is 5.97 Å². The van der Waals surface area contributed by atoms with Crippen molar-refractivity contribution in [1.29, 1.82) is 5.26 Å². The minimum absolute atomic E-state index is 0.0862. The van der Waals surface area contributed by atoms with Crippen molar-refractivity contribution in [2.45, 2.75) is 19.4 Å². The largest absolute Gasteiger partial charge is 0.452 e. The van der Waals surface area contributed by atoms with Crippen LogP contribution in [0.25, 0.3) is 10.8 Å². The van der Waals surface area contributed by atoms with Crippen LogP contribution in [-0.4, -0.2) is 18.0 Å². The molecule has 3 aromatic carbocycles. The number of benzene rings is 3. The molecule has 0 heterocycles. The quantitative estimate of drug-likeness (QED) is 0.703. The predicted molar refractivity (Wildman–Crippen MR) is 103 cm³/mol. The van der Waals surface area contributed by atoms with Crippen molar-refractivity contribution < 1.29 is 14.3 Å². The van der Waals surface area contributed by atoms with E-state index in [0.717, 1.165) is 16.3 Å². The highest BCUT2D eigenvalue weighted by Crippen LogP contribution is 2.19. The van der Waals surface area contributed by atoms with Crippen LogP contribution in [0.5, 0.6) is 0 Å². The van der Waals surface area contributed by atoms with E-state index in [1.807, 2.05) is 48.5 Å². The Morgan fingerprint density at radius 1 is 1.07 bits per heavy atom. The van der Waals surface area contributed by atoms with Gasteiger partial charge in [0.2, 0.25) is 0 Å². The van der Waals surface area contributed by atoms with Gasteiger partial charge in [0.25, 0.3) is 5.91 Å². The Hall–Kier alpha value is -3.65. The van der Waals surface area contributed by atoms with Crippen molar-refractivity contribution in [3.63, 3.8) is 0 Å². The molecule has 1 N–H and O–H groups in total. The highest BCUT2D eigenvalue weighted by Gasteiger charge is 2.19. The monoisotopic (exact) mass is 358 g/mol. The third-order valence-electron chi connectivity index (χ3n) is 4.15. The summed E-state index contributed by atoms with van der Waals surface area (Å²) in [6.07, 6.45) is -0.860. The summed E-state index contributed by atoms with van der Waals surface area (Å²) in [7, 11) is 0. The van der Waals surface area contributed by atoms with Gasteiger partial charge in [0.1, 0.15) is 0 Å². The maximum absolute atomic E-state index is 12.3. The zero-order chi connectivity index (χ0) is 19.2. The lowest BCUT2D eigenvalue weighted by Gasteiger charge is -2.14. The average molecular weight is 358 g/mol. The Balaban J connectivity index is 1.63. The number of ether oxygens (including phenoxy) is 1. The molecule has 3 aromatic rings. The number of hydrogen-bond donors (Lipinski definition) is 1. The van der Waals surface area contributed by atoms with Gasteiger partial charge in [-0.25, -0.2) is 0 Å². The predicted octanol–water partition coefficient (Wildman–Crippen LogP) is 3.82. The number of anilines is 1. The third kappa shape index (κ3) is 4.50. The highest BCUT2D eigenvalue weighted by atomic mass is 16.5. The molecule has 3 rings (SSSR count). The minimum atomic E-state index is -0.946. The molecule has 0 radical (unpaired) electrons. The van der Waals surface area contributed by atoms with E-state index >= 15 is 0 Å². The first kappa shape index (κ1) is 18.2. The Morgan fingerprint density at radius 3 is 2.63 bits per heavy atom. The van der Waals surface area contributed by atoms with E-state index < -0.39 is 18.0 Å². The summed E-state index contributed by atoms with van der Waals surface area (Å²) in [5.74, 6) is -0.920. The number of nitrogens with zero attached hydrogens (tertiary/aromatic N) is 1. The second-order valence-electron chi connectivity index (χ2n) is 6.13. The Kier molecular flexibility index (Phi) is 5.48. The molecule has 0 bridgehead atoms. The van der Waals surface area contributed by atoms with E-state index in [1.54, 1.807) is 24.3 Å². The smallest absolute Gasteiger partial charge is 0.311 e. The van der Waals surface area contributed by atoms with Gasteiger partial charge in [0.05, 0.1) is 18.1 Å². The molecular weight excluding hydrogens is 340 g/mol. The molecule has 0 fully saturated rings. The van der Waals surface area contributed by atoms with Gasteiger partial charge in [-0.3, -0.25) is 9.59 Å². The molecule has 5 nitrogen and oxygen atoms in total. The second-order valence-corrected chi connectivity index (χ2v) is 6.13. The Morgan fingerprint density at radius 2 is 1.81 bits per heavy atom. The van der Waals surface area contributed by atoms with Gasteiger partial charge < -0.3 is 10.1 Å². The molecule has 1 amide bonds. The van der Waals surface area contributed by atoms with E-state index in [0.29, 0.717) is 11.3 Å². The van der Waals surface area contributed by atoms with Crippen molar-refractivity contribution in [2.24, 2.45) is 0 Å². The molecular formula is C22H18N2O3. The first-order valence-corrected chi connectivity index (χ1v) is 8.54. The van der Waals surface area contributed by atoms with E-state index in [2.05, 4.69) is 5.32 Å². The summed E-state index contributed by atoms with van der Waals surface area (Å²) >= 11 is 0. The number of amides is 1. The average Bonchev–Trinajstić information content (AvgIpc) is 2.68. The van der Waals surface area contributed by atoms with Gasteiger partial charge in [-0.05, 0) is 41.5 Å². The summed E-state index contributed by atoms with van der Waals surface area (Å²) < 4.78 is 5.28. The second kappa shape index (κ2) is 8.15. The number of nitriles is 1. The Bertz CT molecular complexity index is 1030. The van der Waals surface area contributed by atoms with Crippen LogP contribution in [-0.2, 0) is 20.7 Å². The minimum Gasteiger partial charge on any atom is -0.452 e. The summed E-state index contributed by atoms with van der Waals surface area (Å²) in [6.45, 7) is 1.52. The highest BCUT2D eigenvalue weighted by molar-refractivity contribution is 5.95. The van der Waals surface area contributed by atoms with E-state index in [4.69, 9.17) is 10.00 Å². The molecule has 5 heteroatoms. The molecule has 0 aliphatic rings. The summed E-state index contributed by atoms with van der Waals surface area (Å²) in [6, 6.07) is 22.1. The topological polar surface area (TPSA) is 79.2 Å². The third-order valence-corrected chi connectivity index (χ3v) is 4.15. The fourth-order valence-corrected chi connectivity index (χ4v) is 2.80. The van der Waals surface area contributed by atoms with Crippen LogP contribution in [0.1, 0.15) is 18.1 Å². The van der Waals surface area contributed by atoms with Crippen LogP contribution in [0.3, 0.4) is 0 Å². The molecule has 1 atom stereocenters. The maximum atomic E-state index is 12.3. The van der Waals surface area contributed by atoms with Crippen LogP contribution in [0.2, 0.25) is 0 Å². The van der Waals surface area contributed by atoms with Crippen LogP contribution in [0.4, 0.5) is 5.69 Å². The first-order valence-electron chi connectivity index (χ1n) is 8.54. The molecule has 0 aliphatic heterocycles. The number of rotatable bonds is 5. The molecule has 0 saturated heterocycles. The molecule has 27 heavy (non-hydrogen) atoms. The number of carbonyl (C=O) groups excluding carboxylic acids is 2.